The second-order valence-corrected chi connectivity index (χ2v) is 10.5. The summed E-state index contributed by atoms with van der Waals surface area (Å²) < 4.78 is 14.2. The summed E-state index contributed by atoms with van der Waals surface area (Å²) in [6, 6.07) is 17.7. The molecule has 0 aliphatic heterocycles. The highest BCUT2D eigenvalue weighted by molar-refractivity contribution is 7.15. The molecule has 0 aliphatic rings. The van der Waals surface area contributed by atoms with Crippen LogP contribution in [0, 0.1) is 11.2 Å². The number of benzene rings is 2. The van der Waals surface area contributed by atoms with Crippen molar-refractivity contribution >= 4 is 39.6 Å². The summed E-state index contributed by atoms with van der Waals surface area (Å²) in [5.74, 6) is -1.10. The lowest BCUT2D eigenvalue weighted by Crippen LogP contribution is -2.36. The third kappa shape index (κ3) is 5.47. The van der Waals surface area contributed by atoms with E-state index in [4.69, 9.17) is 0 Å². The molecule has 2 aromatic carbocycles. The molecule has 2 N–H and O–H groups in total. The number of halogens is 1. The molecule has 180 valence electrons. The molecule has 0 saturated heterocycles. The van der Waals surface area contributed by atoms with Crippen LogP contribution in [0.1, 0.15) is 47.5 Å². The summed E-state index contributed by atoms with van der Waals surface area (Å²) in [5.41, 5.74) is 2.89. The average Bonchev–Trinajstić information content (AvgIpc) is 3.52. The number of nitrogens with zero attached hydrogens (tertiary/aromatic N) is 2. The highest BCUT2D eigenvalue weighted by atomic mass is 32.1. The molecule has 1 atom stereocenters. The minimum Gasteiger partial charge on any atom is -0.352 e. The van der Waals surface area contributed by atoms with E-state index in [0.29, 0.717) is 22.8 Å². The SMILES string of the molecule is CCNC(=O)c1ccc(-c2ccc([C@H](c3cccc(F)c3)C(C)(C)C(=O)Nc3nncs3)s2)cc1. The van der Waals surface area contributed by atoms with E-state index in [9.17, 15) is 14.0 Å². The molecule has 0 fully saturated rings. The van der Waals surface area contributed by atoms with Gasteiger partial charge < -0.3 is 10.6 Å². The zero-order chi connectivity index (χ0) is 25.0. The molecular weight excluding hydrogens is 483 g/mol. The van der Waals surface area contributed by atoms with Crippen LogP contribution in [0.2, 0.25) is 0 Å². The van der Waals surface area contributed by atoms with Gasteiger partial charge in [-0.05, 0) is 54.4 Å². The predicted octanol–water partition coefficient (Wildman–Crippen LogP) is 5.95. The van der Waals surface area contributed by atoms with Crippen molar-refractivity contribution in [1.82, 2.24) is 15.5 Å². The van der Waals surface area contributed by atoms with Crippen LogP contribution in [-0.2, 0) is 4.79 Å². The molecule has 0 radical (unpaired) electrons. The van der Waals surface area contributed by atoms with Crippen LogP contribution in [0.25, 0.3) is 10.4 Å². The van der Waals surface area contributed by atoms with Crippen molar-refractivity contribution in [1.29, 1.82) is 0 Å². The molecule has 2 aromatic heterocycles. The van der Waals surface area contributed by atoms with Gasteiger partial charge in [-0.2, -0.15) is 0 Å². The number of thiophene rings is 1. The van der Waals surface area contributed by atoms with Crippen molar-refractivity contribution in [3.05, 3.63) is 88.0 Å². The smallest absolute Gasteiger partial charge is 0.251 e. The number of carbonyl (C=O) groups is 2. The molecule has 2 heterocycles. The number of amides is 2. The van der Waals surface area contributed by atoms with E-state index >= 15 is 0 Å². The van der Waals surface area contributed by atoms with Crippen LogP contribution in [0.15, 0.2) is 66.2 Å². The Morgan fingerprint density at radius 3 is 2.51 bits per heavy atom. The van der Waals surface area contributed by atoms with Gasteiger partial charge in [-0.1, -0.05) is 49.4 Å². The van der Waals surface area contributed by atoms with Gasteiger partial charge in [-0.3, -0.25) is 9.59 Å². The molecule has 0 bridgehead atoms. The maximum Gasteiger partial charge on any atom is 0.251 e. The van der Waals surface area contributed by atoms with Crippen molar-refractivity contribution in [2.24, 2.45) is 5.41 Å². The summed E-state index contributed by atoms with van der Waals surface area (Å²) in [4.78, 5) is 27.3. The molecule has 4 aromatic rings. The topological polar surface area (TPSA) is 84.0 Å². The fraction of sp³-hybridized carbons (Fsp3) is 0.231. The van der Waals surface area contributed by atoms with Gasteiger partial charge in [0.1, 0.15) is 11.3 Å². The highest BCUT2D eigenvalue weighted by Gasteiger charge is 2.40. The number of hydrogen-bond acceptors (Lipinski definition) is 6. The maximum atomic E-state index is 14.2. The molecule has 35 heavy (non-hydrogen) atoms. The lowest BCUT2D eigenvalue weighted by molar-refractivity contribution is -0.124. The van der Waals surface area contributed by atoms with Gasteiger partial charge in [0.05, 0.1) is 5.41 Å². The minimum atomic E-state index is -0.927. The first-order valence-corrected chi connectivity index (χ1v) is 12.8. The Hall–Kier alpha value is -3.43. The Kier molecular flexibility index (Phi) is 7.37. The fourth-order valence-electron chi connectivity index (χ4n) is 3.95. The zero-order valence-corrected chi connectivity index (χ0v) is 21.2. The van der Waals surface area contributed by atoms with E-state index in [2.05, 4.69) is 20.8 Å². The second kappa shape index (κ2) is 10.5. The lowest BCUT2D eigenvalue weighted by atomic mass is 9.73. The maximum absolute atomic E-state index is 14.2. The first kappa shape index (κ1) is 24.7. The van der Waals surface area contributed by atoms with E-state index in [0.717, 1.165) is 15.3 Å². The monoisotopic (exact) mass is 508 g/mol. The quantitative estimate of drug-likeness (QED) is 0.308. The van der Waals surface area contributed by atoms with Crippen LogP contribution in [0.4, 0.5) is 9.52 Å². The molecule has 0 spiro atoms. The van der Waals surface area contributed by atoms with Crippen molar-refractivity contribution < 1.29 is 14.0 Å². The molecule has 0 unspecified atom stereocenters. The standard InChI is InChI=1S/C26H25FN4O2S2/c1-4-28-23(32)17-10-8-16(9-11-17)20-12-13-21(35-20)22(18-6-5-7-19(27)14-18)26(2,3)24(33)30-25-31-29-15-34-25/h5-15,22H,4H2,1-3H3,(H,28,32)(H,30,31,33)/t22-/m0/s1. The van der Waals surface area contributed by atoms with Gasteiger partial charge in [0.25, 0.3) is 5.91 Å². The average molecular weight is 509 g/mol. The van der Waals surface area contributed by atoms with Crippen LogP contribution in [-0.4, -0.2) is 28.6 Å². The molecule has 6 nitrogen and oxygen atoms in total. The Labute approximate surface area is 211 Å². The van der Waals surface area contributed by atoms with E-state index in [1.807, 2.05) is 51.1 Å². The molecule has 2 amide bonds. The number of carbonyl (C=O) groups excluding carboxylic acids is 2. The number of aromatic nitrogens is 2. The summed E-state index contributed by atoms with van der Waals surface area (Å²) in [7, 11) is 0. The molecule has 4 rings (SSSR count). The van der Waals surface area contributed by atoms with E-state index in [-0.39, 0.29) is 17.6 Å². The van der Waals surface area contributed by atoms with Crippen molar-refractivity contribution in [3.8, 4) is 10.4 Å². The lowest BCUT2D eigenvalue weighted by Gasteiger charge is -2.32. The van der Waals surface area contributed by atoms with Crippen molar-refractivity contribution in [3.63, 3.8) is 0 Å². The van der Waals surface area contributed by atoms with E-state index in [1.54, 1.807) is 35.0 Å². The van der Waals surface area contributed by atoms with Crippen molar-refractivity contribution in [2.75, 3.05) is 11.9 Å². The summed E-state index contributed by atoms with van der Waals surface area (Å²) in [6.07, 6.45) is 0. The van der Waals surface area contributed by atoms with Crippen LogP contribution < -0.4 is 10.6 Å². The Morgan fingerprint density at radius 1 is 1.09 bits per heavy atom. The van der Waals surface area contributed by atoms with E-state index < -0.39 is 11.3 Å². The summed E-state index contributed by atoms with van der Waals surface area (Å²) in [6.45, 7) is 6.14. The van der Waals surface area contributed by atoms with Gasteiger partial charge in [0.15, 0.2) is 0 Å². The van der Waals surface area contributed by atoms with Crippen LogP contribution in [0.3, 0.4) is 0 Å². The zero-order valence-electron chi connectivity index (χ0n) is 19.5. The molecular formula is C26H25FN4O2S2. The normalized spacial score (nSPS) is 12.2. The Balaban J connectivity index is 1.68. The number of anilines is 1. The first-order valence-electron chi connectivity index (χ1n) is 11.1. The molecule has 9 heteroatoms. The largest absolute Gasteiger partial charge is 0.352 e. The summed E-state index contributed by atoms with van der Waals surface area (Å²) in [5, 5.41) is 13.7. The van der Waals surface area contributed by atoms with Gasteiger partial charge in [-0.15, -0.1) is 21.5 Å². The van der Waals surface area contributed by atoms with E-state index in [1.165, 1.54) is 23.5 Å². The van der Waals surface area contributed by atoms with Gasteiger partial charge >= 0.3 is 0 Å². The van der Waals surface area contributed by atoms with Crippen molar-refractivity contribution in [2.45, 2.75) is 26.7 Å². The molecule has 0 saturated carbocycles. The highest BCUT2D eigenvalue weighted by Crippen LogP contribution is 2.46. The van der Waals surface area contributed by atoms with Gasteiger partial charge in [0, 0.05) is 27.8 Å². The van der Waals surface area contributed by atoms with Gasteiger partial charge in [0.2, 0.25) is 11.0 Å². The van der Waals surface area contributed by atoms with Crippen LogP contribution in [0.5, 0.6) is 0 Å². The Bertz CT molecular complexity index is 1320. The summed E-state index contributed by atoms with van der Waals surface area (Å²) >= 11 is 2.78. The second-order valence-electron chi connectivity index (χ2n) is 8.55. The molecule has 0 aliphatic carbocycles. The minimum absolute atomic E-state index is 0.111. The van der Waals surface area contributed by atoms with Gasteiger partial charge in [-0.25, -0.2) is 4.39 Å². The number of hydrogen-bond donors (Lipinski definition) is 2. The number of rotatable bonds is 8. The van der Waals surface area contributed by atoms with Crippen LogP contribution >= 0.6 is 22.7 Å². The predicted molar refractivity (Wildman–Crippen MR) is 138 cm³/mol. The third-order valence-corrected chi connectivity index (χ3v) is 7.56. The first-order chi connectivity index (χ1) is 16.8. The number of nitrogens with one attached hydrogen (secondary N) is 2. The third-order valence-electron chi connectivity index (χ3n) is 5.75. The Morgan fingerprint density at radius 2 is 1.86 bits per heavy atom. The fourth-order valence-corrected chi connectivity index (χ4v) is 5.72.